The lowest BCUT2D eigenvalue weighted by atomic mass is 10.7. The van der Waals surface area contributed by atoms with E-state index >= 15 is 0 Å². The van der Waals surface area contributed by atoms with Gasteiger partial charge in [-0.1, -0.05) is 0 Å². The quantitative estimate of drug-likeness (QED) is 0.747. The minimum absolute atomic E-state index is 0.635. The fourth-order valence-electron chi connectivity index (χ4n) is 0.410. The van der Waals surface area contributed by atoms with Crippen molar-refractivity contribution >= 4 is 20.0 Å². The van der Waals surface area contributed by atoms with Crippen LogP contribution in [0.2, 0.25) is 0 Å². The van der Waals surface area contributed by atoms with Gasteiger partial charge in [0.1, 0.15) is 0 Å². The monoisotopic (exact) mass is 240 g/mol. The number of hydrogen-bond acceptors (Lipinski definition) is 4. The molecule has 0 aliphatic carbocycles. The molecule has 9 heteroatoms. The lowest BCUT2D eigenvalue weighted by Crippen LogP contribution is -2.43. The molecule has 0 bridgehead atoms. The third-order valence-electron chi connectivity index (χ3n) is 1.14. The molecule has 0 aromatic carbocycles. The van der Waals surface area contributed by atoms with Gasteiger partial charge in [0.15, 0.2) is 8.77 Å². The van der Waals surface area contributed by atoms with Crippen LogP contribution in [0.15, 0.2) is 0 Å². The highest BCUT2D eigenvalue weighted by atomic mass is 32.8. The van der Waals surface area contributed by atoms with Crippen LogP contribution in [0.1, 0.15) is 6.92 Å². The molecule has 13 heavy (non-hydrogen) atoms. The molecule has 0 saturated heterocycles. The van der Waals surface area contributed by atoms with Crippen molar-refractivity contribution in [2.45, 2.75) is 18.4 Å². The number of ether oxygens (including phenoxy) is 2. The maximum Gasteiger partial charge on any atom is 0.525 e. The molecule has 0 saturated carbocycles. The number of halogens is 3. The summed E-state index contributed by atoms with van der Waals surface area (Å²) >= 11 is 3.92. The van der Waals surface area contributed by atoms with E-state index in [1.54, 1.807) is 0 Å². The maximum absolute atomic E-state index is 11.7. The minimum Gasteiger partial charge on any atom is -0.341 e. The van der Waals surface area contributed by atoms with Crippen molar-refractivity contribution in [1.29, 1.82) is 0 Å². The molecule has 0 amide bonds. The standard InChI is InChI=1S/C4H7F3O4S2/c1-3(10-2,13(8,9)12)11-4(5,6)7/h1-2H3,(H,8,9,12). The van der Waals surface area contributed by atoms with Gasteiger partial charge in [0.2, 0.25) is 0 Å². The Bertz CT molecular complexity index is 272. The van der Waals surface area contributed by atoms with Crippen molar-refractivity contribution in [3.8, 4) is 0 Å². The van der Waals surface area contributed by atoms with Crippen molar-refractivity contribution < 1.29 is 31.4 Å². The van der Waals surface area contributed by atoms with Crippen LogP contribution in [-0.2, 0) is 29.4 Å². The Morgan fingerprint density at radius 1 is 1.46 bits per heavy atom. The summed E-state index contributed by atoms with van der Waals surface area (Å²) < 4.78 is 61.9. The SMILES string of the molecule is COC(C)(OC(F)(F)F)S(=O)(O)=S. The fraction of sp³-hybridized carbons (Fsp3) is 1.00. The molecule has 2 atom stereocenters. The summed E-state index contributed by atoms with van der Waals surface area (Å²) in [5.74, 6) is 0. The number of rotatable bonds is 3. The van der Waals surface area contributed by atoms with E-state index in [0.717, 1.165) is 7.11 Å². The normalized spacial score (nSPS) is 22.0. The number of methoxy groups -OCH3 is 1. The molecule has 0 heterocycles. The molecular weight excluding hydrogens is 233 g/mol. The van der Waals surface area contributed by atoms with Crippen LogP contribution >= 0.6 is 0 Å². The Labute approximate surface area is 77.5 Å². The van der Waals surface area contributed by atoms with E-state index in [-0.39, 0.29) is 0 Å². The fourth-order valence-corrected chi connectivity index (χ4v) is 1.13. The van der Waals surface area contributed by atoms with Crippen molar-refractivity contribution in [3.05, 3.63) is 0 Å². The first kappa shape index (κ1) is 13.0. The summed E-state index contributed by atoms with van der Waals surface area (Å²) in [5.41, 5.74) is 0. The predicted octanol–water partition coefficient (Wildman–Crippen LogP) is 1.06. The Morgan fingerprint density at radius 3 is 1.92 bits per heavy atom. The Kier molecular flexibility index (Phi) is 3.67. The molecule has 0 spiro atoms. The van der Waals surface area contributed by atoms with E-state index in [0.29, 0.717) is 6.92 Å². The van der Waals surface area contributed by atoms with Crippen LogP contribution in [0.25, 0.3) is 0 Å². The second-order valence-corrected chi connectivity index (χ2v) is 5.14. The van der Waals surface area contributed by atoms with Gasteiger partial charge in [-0.25, -0.2) is 8.95 Å². The van der Waals surface area contributed by atoms with Crippen molar-refractivity contribution in [2.75, 3.05) is 7.11 Å². The Morgan fingerprint density at radius 2 is 1.85 bits per heavy atom. The van der Waals surface area contributed by atoms with Gasteiger partial charge in [0, 0.05) is 25.2 Å². The van der Waals surface area contributed by atoms with Crippen LogP contribution in [0, 0.1) is 0 Å². The summed E-state index contributed by atoms with van der Waals surface area (Å²) in [6, 6.07) is 0. The molecular formula is C4H7F3O4S2. The van der Waals surface area contributed by atoms with E-state index in [4.69, 9.17) is 4.55 Å². The molecule has 0 aromatic rings. The van der Waals surface area contributed by atoms with E-state index in [1.807, 2.05) is 0 Å². The molecule has 0 rings (SSSR count). The summed E-state index contributed by atoms with van der Waals surface area (Å²) in [5, 5.41) is -2.76. The zero-order valence-electron chi connectivity index (χ0n) is 6.62. The van der Waals surface area contributed by atoms with Crippen LogP contribution in [0.3, 0.4) is 0 Å². The minimum atomic E-state index is -5.09. The first-order valence-corrected chi connectivity index (χ1v) is 5.25. The smallest absolute Gasteiger partial charge is 0.341 e. The lowest BCUT2D eigenvalue weighted by molar-refractivity contribution is -0.385. The van der Waals surface area contributed by atoms with Gasteiger partial charge < -0.3 is 9.29 Å². The molecule has 0 radical (unpaired) electrons. The van der Waals surface area contributed by atoms with Gasteiger partial charge in [-0.05, 0) is 0 Å². The molecule has 1 N–H and O–H groups in total. The molecule has 0 fully saturated rings. The number of alkyl halides is 3. The van der Waals surface area contributed by atoms with Crippen molar-refractivity contribution in [2.24, 2.45) is 0 Å². The Balaban J connectivity index is 4.89. The van der Waals surface area contributed by atoms with Gasteiger partial charge in [-0.2, -0.15) is 0 Å². The molecule has 0 aromatic heterocycles. The summed E-state index contributed by atoms with van der Waals surface area (Å²) in [6.45, 7) is 0.635. The molecule has 0 aliphatic heterocycles. The average molecular weight is 240 g/mol. The first-order chi connectivity index (χ1) is 5.52. The second-order valence-electron chi connectivity index (χ2n) is 2.09. The average Bonchev–Trinajstić information content (AvgIpc) is 1.81. The van der Waals surface area contributed by atoms with Crippen LogP contribution in [-0.4, -0.2) is 27.4 Å². The van der Waals surface area contributed by atoms with Crippen molar-refractivity contribution in [3.63, 3.8) is 0 Å². The van der Waals surface area contributed by atoms with E-state index in [9.17, 15) is 17.4 Å². The molecule has 4 nitrogen and oxygen atoms in total. The van der Waals surface area contributed by atoms with Crippen LogP contribution < -0.4 is 0 Å². The topological polar surface area (TPSA) is 55.8 Å². The highest BCUT2D eigenvalue weighted by molar-refractivity contribution is 8.30. The van der Waals surface area contributed by atoms with Gasteiger partial charge in [-0.15, -0.1) is 13.2 Å². The molecule has 0 aliphatic rings. The van der Waals surface area contributed by atoms with E-state index in [1.165, 1.54) is 0 Å². The summed E-state index contributed by atoms with van der Waals surface area (Å²) in [6.07, 6.45) is -5.09. The maximum atomic E-state index is 11.7. The third kappa shape index (κ3) is 3.73. The summed E-state index contributed by atoms with van der Waals surface area (Å²) in [4.78, 5) is 0. The highest BCUT2D eigenvalue weighted by Gasteiger charge is 2.47. The largest absolute Gasteiger partial charge is 0.525 e. The zero-order valence-corrected chi connectivity index (χ0v) is 8.26. The lowest BCUT2D eigenvalue weighted by Gasteiger charge is -2.27. The predicted molar refractivity (Wildman–Crippen MR) is 40.7 cm³/mol. The van der Waals surface area contributed by atoms with Crippen molar-refractivity contribution in [1.82, 2.24) is 0 Å². The Hall–Kier alpha value is 0.0400. The van der Waals surface area contributed by atoms with Gasteiger partial charge >= 0.3 is 6.36 Å². The number of hydrogen-bond donors (Lipinski definition) is 1. The highest BCUT2D eigenvalue weighted by Crippen LogP contribution is 2.29. The zero-order chi connectivity index (χ0) is 10.9. The van der Waals surface area contributed by atoms with Gasteiger partial charge in [0.05, 0.1) is 0 Å². The van der Waals surface area contributed by atoms with Gasteiger partial charge in [-0.3, -0.25) is 0 Å². The van der Waals surface area contributed by atoms with E-state index in [2.05, 4.69) is 20.7 Å². The molecule has 80 valence electrons. The van der Waals surface area contributed by atoms with E-state index < -0.39 is 20.3 Å². The molecule has 2 unspecified atom stereocenters. The third-order valence-corrected chi connectivity index (χ3v) is 3.24. The van der Waals surface area contributed by atoms with Crippen LogP contribution in [0.4, 0.5) is 13.2 Å². The van der Waals surface area contributed by atoms with Gasteiger partial charge in [0.25, 0.3) is 5.12 Å². The van der Waals surface area contributed by atoms with Crippen LogP contribution in [0.5, 0.6) is 0 Å². The first-order valence-electron chi connectivity index (χ1n) is 2.81. The summed E-state index contributed by atoms with van der Waals surface area (Å²) in [7, 11) is -3.49. The second kappa shape index (κ2) is 3.65.